The average Bonchev–Trinajstić information content (AvgIpc) is 2.77. The second kappa shape index (κ2) is 5.59. The second-order valence-electron chi connectivity index (χ2n) is 5.55. The summed E-state index contributed by atoms with van der Waals surface area (Å²) in [6, 6.07) is 6.46. The third kappa shape index (κ3) is 3.25. The first-order valence-corrected chi connectivity index (χ1v) is 6.86. The number of urea groups is 1. The molecule has 2 rings (SSSR count). The molecule has 1 aliphatic carbocycles. The van der Waals surface area contributed by atoms with Crippen molar-refractivity contribution < 1.29 is 9.18 Å². The molecule has 1 fully saturated rings. The summed E-state index contributed by atoms with van der Waals surface area (Å²) in [5, 5.41) is 5.89. The molecule has 3 nitrogen and oxygen atoms in total. The van der Waals surface area contributed by atoms with Crippen LogP contribution < -0.4 is 10.6 Å². The minimum absolute atomic E-state index is 0.0889. The minimum atomic E-state index is -0.416. The van der Waals surface area contributed by atoms with Crippen LogP contribution in [0.3, 0.4) is 0 Å². The highest BCUT2D eigenvalue weighted by atomic mass is 19.1. The Labute approximate surface area is 113 Å². The summed E-state index contributed by atoms with van der Waals surface area (Å²) in [5.74, 6) is -0.255. The normalized spacial score (nSPS) is 17.5. The Bertz CT molecular complexity index is 453. The zero-order valence-corrected chi connectivity index (χ0v) is 11.5. The van der Waals surface area contributed by atoms with Gasteiger partial charge in [0.15, 0.2) is 0 Å². The number of hydrogen-bond donors (Lipinski definition) is 2. The molecule has 4 heteroatoms. The zero-order chi connectivity index (χ0) is 13.9. The van der Waals surface area contributed by atoms with Crippen LogP contribution in [0.4, 0.5) is 9.18 Å². The number of amides is 2. The van der Waals surface area contributed by atoms with E-state index in [0.717, 1.165) is 31.2 Å². The van der Waals surface area contributed by atoms with Crippen molar-refractivity contribution >= 4 is 6.03 Å². The molecule has 0 aromatic heterocycles. The lowest BCUT2D eigenvalue weighted by Gasteiger charge is -2.31. The van der Waals surface area contributed by atoms with E-state index in [1.54, 1.807) is 6.07 Å². The van der Waals surface area contributed by atoms with E-state index >= 15 is 0 Å². The van der Waals surface area contributed by atoms with Crippen molar-refractivity contribution in [3.8, 4) is 0 Å². The number of benzene rings is 1. The molecule has 0 atom stereocenters. The highest BCUT2D eigenvalue weighted by Crippen LogP contribution is 2.38. The molecule has 1 aromatic rings. The summed E-state index contributed by atoms with van der Waals surface area (Å²) in [7, 11) is 0. The molecule has 1 aromatic carbocycles. The van der Waals surface area contributed by atoms with Gasteiger partial charge in [0.2, 0.25) is 0 Å². The van der Waals surface area contributed by atoms with Crippen molar-refractivity contribution in [1.82, 2.24) is 10.6 Å². The molecule has 0 radical (unpaired) electrons. The van der Waals surface area contributed by atoms with Gasteiger partial charge in [-0.15, -0.1) is 0 Å². The van der Waals surface area contributed by atoms with Gasteiger partial charge in [-0.3, -0.25) is 0 Å². The number of carbonyl (C=O) groups is 1. The highest BCUT2D eigenvalue weighted by Gasteiger charge is 2.37. The van der Waals surface area contributed by atoms with Crippen LogP contribution in [-0.4, -0.2) is 12.1 Å². The maximum atomic E-state index is 13.4. The van der Waals surface area contributed by atoms with Gasteiger partial charge in [-0.2, -0.15) is 0 Å². The lowest BCUT2D eigenvalue weighted by Crippen LogP contribution is -2.50. The molecule has 0 bridgehead atoms. The molecule has 19 heavy (non-hydrogen) atoms. The highest BCUT2D eigenvalue weighted by molar-refractivity contribution is 5.75. The van der Waals surface area contributed by atoms with Gasteiger partial charge in [-0.05, 0) is 44.4 Å². The van der Waals surface area contributed by atoms with E-state index in [0.29, 0.717) is 0 Å². The van der Waals surface area contributed by atoms with E-state index in [-0.39, 0.29) is 17.9 Å². The molecule has 104 valence electrons. The molecule has 0 spiro atoms. The van der Waals surface area contributed by atoms with Crippen LogP contribution in [-0.2, 0) is 5.54 Å². The molecule has 0 heterocycles. The van der Waals surface area contributed by atoms with Gasteiger partial charge in [-0.25, -0.2) is 9.18 Å². The number of nitrogens with one attached hydrogen (secondary N) is 2. The molecule has 1 saturated carbocycles. The van der Waals surface area contributed by atoms with Gasteiger partial charge < -0.3 is 10.6 Å². The Morgan fingerprint density at radius 3 is 2.58 bits per heavy atom. The molecular weight excluding hydrogens is 243 g/mol. The average molecular weight is 264 g/mol. The van der Waals surface area contributed by atoms with Crippen molar-refractivity contribution in [3.05, 3.63) is 35.6 Å². The third-order valence-corrected chi connectivity index (χ3v) is 3.61. The Kier molecular flexibility index (Phi) is 4.08. The lowest BCUT2D eigenvalue weighted by molar-refractivity contribution is 0.222. The van der Waals surface area contributed by atoms with Crippen LogP contribution in [0, 0.1) is 5.82 Å². The van der Waals surface area contributed by atoms with Gasteiger partial charge in [-0.1, -0.05) is 25.0 Å². The summed E-state index contributed by atoms with van der Waals surface area (Å²) in [6.07, 6.45) is 3.83. The fourth-order valence-corrected chi connectivity index (χ4v) is 2.77. The van der Waals surface area contributed by atoms with Gasteiger partial charge in [0.05, 0.1) is 5.54 Å². The van der Waals surface area contributed by atoms with E-state index in [4.69, 9.17) is 0 Å². The van der Waals surface area contributed by atoms with E-state index in [1.165, 1.54) is 12.1 Å². The number of carbonyl (C=O) groups excluding carboxylic acids is 1. The van der Waals surface area contributed by atoms with Crippen molar-refractivity contribution in [2.24, 2.45) is 0 Å². The van der Waals surface area contributed by atoms with Crippen molar-refractivity contribution in [1.29, 1.82) is 0 Å². The molecule has 0 aliphatic heterocycles. The molecular formula is C15H21FN2O. The van der Waals surface area contributed by atoms with Crippen LogP contribution in [0.25, 0.3) is 0 Å². The monoisotopic (exact) mass is 264 g/mol. The Morgan fingerprint density at radius 2 is 2.00 bits per heavy atom. The van der Waals surface area contributed by atoms with Gasteiger partial charge >= 0.3 is 6.03 Å². The zero-order valence-electron chi connectivity index (χ0n) is 11.5. The summed E-state index contributed by atoms with van der Waals surface area (Å²) >= 11 is 0. The summed E-state index contributed by atoms with van der Waals surface area (Å²) in [4.78, 5) is 12.0. The van der Waals surface area contributed by atoms with Crippen molar-refractivity contribution in [2.75, 3.05) is 0 Å². The van der Waals surface area contributed by atoms with Gasteiger partial charge in [0.25, 0.3) is 0 Å². The Hall–Kier alpha value is -1.58. The topological polar surface area (TPSA) is 41.1 Å². The Balaban J connectivity index is 2.21. The predicted octanol–water partition coefficient (Wildman–Crippen LogP) is 3.30. The summed E-state index contributed by atoms with van der Waals surface area (Å²) in [5.41, 5.74) is 0.449. The van der Waals surface area contributed by atoms with Gasteiger partial charge in [0.1, 0.15) is 5.82 Å². The van der Waals surface area contributed by atoms with E-state index in [9.17, 15) is 9.18 Å². The SMILES string of the molecule is CC(C)NC(=O)NC1(c2cccc(F)c2)CCCC1. The van der Waals surface area contributed by atoms with E-state index < -0.39 is 5.54 Å². The van der Waals surface area contributed by atoms with E-state index in [2.05, 4.69) is 10.6 Å². The standard InChI is InChI=1S/C15H21FN2O/c1-11(2)17-14(19)18-15(8-3-4-9-15)12-6-5-7-13(16)10-12/h5-7,10-11H,3-4,8-9H2,1-2H3,(H2,17,18,19). The maximum absolute atomic E-state index is 13.4. The molecule has 0 unspecified atom stereocenters. The quantitative estimate of drug-likeness (QED) is 0.864. The first-order valence-electron chi connectivity index (χ1n) is 6.86. The molecule has 0 saturated heterocycles. The fourth-order valence-electron chi connectivity index (χ4n) is 2.77. The van der Waals surface area contributed by atoms with Crippen molar-refractivity contribution in [3.63, 3.8) is 0 Å². The summed E-state index contributed by atoms with van der Waals surface area (Å²) < 4.78 is 13.4. The fraction of sp³-hybridized carbons (Fsp3) is 0.533. The van der Waals surface area contributed by atoms with Crippen LogP contribution in [0.15, 0.2) is 24.3 Å². The maximum Gasteiger partial charge on any atom is 0.315 e. The largest absolute Gasteiger partial charge is 0.336 e. The summed E-state index contributed by atoms with van der Waals surface area (Å²) in [6.45, 7) is 3.84. The second-order valence-corrected chi connectivity index (χ2v) is 5.55. The first kappa shape index (κ1) is 13.8. The van der Waals surface area contributed by atoms with E-state index in [1.807, 2.05) is 19.9 Å². The number of rotatable bonds is 3. The number of halogens is 1. The molecule has 2 amide bonds. The van der Waals surface area contributed by atoms with Crippen LogP contribution in [0.2, 0.25) is 0 Å². The van der Waals surface area contributed by atoms with Gasteiger partial charge in [0, 0.05) is 6.04 Å². The lowest BCUT2D eigenvalue weighted by atomic mass is 9.88. The molecule has 2 N–H and O–H groups in total. The smallest absolute Gasteiger partial charge is 0.315 e. The predicted molar refractivity (Wildman–Crippen MR) is 73.3 cm³/mol. The van der Waals surface area contributed by atoms with Crippen molar-refractivity contribution in [2.45, 2.75) is 51.1 Å². The van der Waals surface area contributed by atoms with Crippen LogP contribution >= 0.6 is 0 Å². The molecule has 1 aliphatic rings. The van der Waals surface area contributed by atoms with Crippen LogP contribution in [0.5, 0.6) is 0 Å². The third-order valence-electron chi connectivity index (χ3n) is 3.61. The number of hydrogen-bond acceptors (Lipinski definition) is 1. The Morgan fingerprint density at radius 1 is 1.32 bits per heavy atom. The van der Waals surface area contributed by atoms with Crippen LogP contribution in [0.1, 0.15) is 45.1 Å². The first-order chi connectivity index (χ1) is 9.02. The minimum Gasteiger partial charge on any atom is -0.336 e.